The smallest absolute Gasteiger partial charge is 0.225 e. The van der Waals surface area contributed by atoms with Crippen LogP contribution in [-0.2, 0) is 14.3 Å². The molecule has 1 aliphatic heterocycles. The maximum absolute atomic E-state index is 11.7. The van der Waals surface area contributed by atoms with Crippen LogP contribution in [0, 0.1) is 0 Å². The van der Waals surface area contributed by atoms with Crippen LogP contribution in [-0.4, -0.2) is 54.8 Å². The standard InChI is InChI=1S/C10H18N2O3S/c1-2-14-5-3-9(13)12-4-6-15-8(7-12)10(11)16/h8H,2-7H2,1H3,(H2,11,16). The second-order valence-electron chi connectivity index (χ2n) is 3.55. The molecule has 0 saturated carbocycles. The highest BCUT2D eigenvalue weighted by molar-refractivity contribution is 7.80. The second-order valence-corrected chi connectivity index (χ2v) is 4.02. The van der Waals surface area contributed by atoms with E-state index in [9.17, 15) is 4.79 Å². The molecular weight excluding hydrogens is 228 g/mol. The topological polar surface area (TPSA) is 64.8 Å². The predicted molar refractivity (Wildman–Crippen MR) is 64.2 cm³/mol. The van der Waals surface area contributed by atoms with Crippen LogP contribution >= 0.6 is 12.2 Å². The molecule has 92 valence electrons. The molecule has 0 aromatic heterocycles. The first-order valence-corrected chi connectivity index (χ1v) is 5.82. The Kier molecular flexibility index (Phi) is 5.65. The zero-order valence-corrected chi connectivity index (χ0v) is 10.3. The number of ether oxygens (including phenoxy) is 2. The fraction of sp³-hybridized carbons (Fsp3) is 0.800. The summed E-state index contributed by atoms with van der Waals surface area (Å²) >= 11 is 4.85. The third-order valence-electron chi connectivity index (χ3n) is 2.40. The van der Waals surface area contributed by atoms with Crippen LogP contribution in [0.25, 0.3) is 0 Å². The van der Waals surface area contributed by atoms with Crippen molar-refractivity contribution >= 4 is 23.1 Å². The number of nitrogens with two attached hydrogens (primary N) is 1. The van der Waals surface area contributed by atoms with Gasteiger partial charge in [0.2, 0.25) is 5.91 Å². The van der Waals surface area contributed by atoms with E-state index in [2.05, 4.69) is 0 Å². The van der Waals surface area contributed by atoms with E-state index in [0.717, 1.165) is 0 Å². The molecule has 1 heterocycles. The number of nitrogens with zero attached hydrogens (tertiary/aromatic N) is 1. The van der Waals surface area contributed by atoms with E-state index in [0.29, 0.717) is 44.3 Å². The van der Waals surface area contributed by atoms with Crippen molar-refractivity contribution in [2.75, 3.05) is 32.9 Å². The molecule has 16 heavy (non-hydrogen) atoms. The molecule has 1 fully saturated rings. The van der Waals surface area contributed by atoms with Gasteiger partial charge in [0.1, 0.15) is 11.1 Å². The van der Waals surface area contributed by atoms with Gasteiger partial charge in [-0.1, -0.05) is 12.2 Å². The summed E-state index contributed by atoms with van der Waals surface area (Å²) in [4.78, 5) is 13.8. The van der Waals surface area contributed by atoms with E-state index in [4.69, 9.17) is 27.4 Å². The number of amides is 1. The lowest BCUT2D eigenvalue weighted by Crippen LogP contribution is -2.50. The molecule has 0 aromatic rings. The van der Waals surface area contributed by atoms with Gasteiger partial charge in [-0.15, -0.1) is 0 Å². The average molecular weight is 246 g/mol. The molecule has 1 aliphatic rings. The Bertz CT molecular complexity index is 260. The second kappa shape index (κ2) is 6.78. The summed E-state index contributed by atoms with van der Waals surface area (Å²) < 4.78 is 10.5. The Balaban J connectivity index is 2.35. The average Bonchev–Trinajstić information content (AvgIpc) is 2.29. The first-order chi connectivity index (χ1) is 7.65. The first-order valence-electron chi connectivity index (χ1n) is 5.41. The van der Waals surface area contributed by atoms with Crippen LogP contribution in [0.1, 0.15) is 13.3 Å². The molecule has 1 saturated heterocycles. The zero-order chi connectivity index (χ0) is 12.0. The van der Waals surface area contributed by atoms with Gasteiger partial charge in [0.15, 0.2) is 0 Å². The van der Waals surface area contributed by atoms with Crippen molar-refractivity contribution in [3.63, 3.8) is 0 Å². The van der Waals surface area contributed by atoms with Crippen molar-refractivity contribution in [1.82, 2.24) is 4.90 Å². The minimum Gasteiger partial charge on any atom is -0.391 e. The molecule has 1 unspecified atom stereocenters. The van der Waals surface area contributed by atoms with Gasteiger partial charge >= 0.3 is 0 Å². The molecular formula is C10H18N2O3S. The van der Waals surface area contributed by atoms with Gasteiger partial charge < -0.3 is 20.1 Å². The van der Waals surface area contributed by atoms with Gasteiger partial charge in [-0.05, 0) is 6.92 Å². The summed E-state index contributed by atoms with van der Waals surface area (Å²) in [5.41, 5.74) is 5.49. The number of thiocarbonyl (C=S) groups is 1. The van der Waals surface area contributed by atoms with Crippen LogP contribution in [0.4, 0.5) is 0 Å². The van der Waals surface area contributed by atoms with Crippen molar-refractivity contribution in [3.05, 3.63) is 0 Å². The Morgan fingerprint density at radius 2 is 2.44 bits per heavy atom. The fourth-order valence-corrected chi connectivity index (χ4v) is 1.65. The monoisotopic (exact) mass is 246 g/mol. The highest BCUT2D eigenvalue weighted by Gasteiger charge is 2.25. The van der Waals surface area contributed by atoms with Gasteiger partial charge in [0.05, 0.1) is 26.2 Å². The molecule has 0 spiro atoms. The lowest BCUT2D eigenvalue weighted by atomic mass is 10.2. The summed E-state index contributed by atoms with van der Waals surface area (Å²) in [6, 6.07) is 0. The van der Waals surface area contributed by atoms with Crippen molar-refractivity contribution < 1.29 is 14.3 Å². The maximum atomic E-state index is 11.7. The molecule has 0 bridgehead atoms. The van der Waals surface area contributed by atoms with Crippen LogP contribution in [0.2, 0.25) is 0 Å². The third kappa shape index (κ3) is 4.03. The van der Waals surface area contributed by atoms with Gasteiger partial charge in [-0.2, -0.15) is 0 Å². The third-order valence-corrected chi connectivity index (χ3v) is 2.66. The molecule has 1 atom stereocenters. The van der Waals surface area contributed by atoms with Crippen LogP contribution in [0.5, 0.6) is 0 Å². The normalized spacial score (nSPS) is 20.8. The minimum atomic E-state index is -0.306. The molecule has 0 aliphatic carbocycles. The van der Waals surface area contributed by atoms with Gasteiger partial charge in [-0.3, -0.25) is 4.79 Å². The summed E-state index contributed by atoms with van der Waals surface area (Å²) in [5.74, 6) is 0.0676. The molecule has 2 N–H and O–H groups in total. The Morgan fingerprint density at radius 1 is 1.69 bits per heavy atom. The molecule has 1 rings (SSSR count). The van der Waals surface area contributed by atoms with E-state index >= 15 is 0 Å². The summed E-state index contributed by atoms with van der Waals surface area (Å²) in [6.07, 6.45) is 0.0949. The highest BCUT2D eigenvalue weighted by atomic mass is 32.1. The van der Waals surface area contributed by atoms with E-state index in [1.54, 1.807) is 4.90 Å². The van der Waals surface area contributed by atoms with Crippen LogP contribution in [0.3, 0.4) is 0 Å². The highest BCUT2D eigenvalue weighted by Crippen LogP contribution is 2.07. The Labute approximate surface area is 101 Å². The number of carbonyl (C=O) groups is 1. The molecule has 6 heteroatoms. The number of hydrogen-bond acceptors (Lipinski definition) is 4. The van der Waals surface area contributed by atoms with Gasteiger partial charge in [0.25, 0.3) is 0 Å². The predicted octanol–water partition coefficient (Wildman–Crippen LogP) is -0.0735. The summed E-state index contributed by atoms with van der Waals surface area (Å²) in [7, 11) is 0. The van der Waals surface area contributed by atoms with Crippen molar-refractivity contribution in [3.8, 4) is 0 Å². The zero-order valence-electron chi connectivity index (χ0n) is 9.48. The maximum Gasteiger partial charge on any atom is 0.225 e. The molecule has 5 nitrogen and oxygen atoms in total. The van der Waals surface area contributed by atoms with Crippen molar-refractivity contribution in [2.24, 2.45) is 5.73 Å². The largest absolute Gasteiger partial charge is 0.391 e. The Hall–Kier alpha value is -0.720. The van der Waals surface area contributed by atoms with E-state index in [1.165, 1.54) is 0 Å². The Morgan fingerprint density at radius 3 is 3.06 bits per heavy atom. The van der Waals surface area contributed by atoms with Gasteiger partial charge in [-0.25, -0.2) is 0 Å². The van der Waals surface area contributed by atoms with Crippen LogP contribution < -0.4 is 5.73 Å². The summed E-state index contributed by atoms with van der Waals surface area (Å²) in [6.45, 7) is 4.55. The first kappa shape index (κ1) is 13.3. The number of carbonyl (C=O) groups excluding carboxylic acids is 1. The fourth-order valence-electron chi connectivity index (χ4n) is 1.51. The van der Waals surface area contributed by atoms with E-state index < -0.39 is 0 Å². The number of morpholine rings is 1. The molecule has 0 aromatic carbocycles. The minimum absolute atomic E-state index is 0.0676. The van der Waals surface area contributed by atoms with E-state index in [-0.39, 0.29) is 12.0 Å². The van der Waals surface area contributed by atoms with Crippen molar-refractivity contribution in [2.45, 2.75) is 19.4 Å². The molecule has 1 amide bonds. The van der Waals surface area contributed by atoms with Crippen LogP contribution in [0.15, 0.2) is 0 Å². The SMILES string of the molecule is CCOCCC(=O)N1CCOC(C(N)=S)C1. The number of rotatable bonds is 5. The van der Waals surface area contributed by atoms with Gasteiger partial charge in [0, 0.05) is 13.2 Å². The molecule has 0 radical (unpaired) electrons. The quantitative estimate of drug-likeness (QED) is 0.543. The summed E-state index contributed by atoms with van der Waals surface area (Å²) in [5, 5.41) is 0. The van der Waals surface area contributed by atoms with Crippen molar-refractivity contribution in [1.29, 1.82) is 0 Å². The lowest BCUT2D eigenvalue weighted by molar-refractivity contribution is -0.137. The van der Waals surface area contributed by atoms with E-state index in [1.807, 2.05) is 6.92 Å². The number of hydrogen-bond donors (Lipinski definition) is 1. The lowest BCUT2D eigenvalue weighted by Gasteiger charge is -2.32.